The number of carbonyl (C=O) groups is 2. The van der Waals surface area contributed by atoms with Crippen LogP contribution in [0.1, 0.15) is 39.4 Å². The standard InChI is InChI=1S/C20H17N3O4/c1-11-17(23-20(27-11)18(25)12-5-3-2-4-6-12)19(26)21-14-7-8-15-13(9-14)10-16(24)22-15/h2-9,18,25H,10H2,1H3,(H,21,26)(H,22,24). The summed E-state index contributed by atoms with van der Waals surface area (Å²) in [5.74, 6) is -0.136. The fraction of sp³-hybridized carbons (Fsp3) is 0.150. The van der Waals surface area contributed by atoms with Gasteiger partial charge in [-0.25, -0.2) is 4.98 Å². The maximum absolute atomic E-state index is 12.6. The molecule has 0 saturated heterocycles. The second-order valence-electron chi connectivity index (χ2n) is 6.32. The number of nitrogens with one attached hydrogen (secondary N) is 2. The molecule has 0 spiro atoms. The number of hydrogen-bond acceptors (Lipinski definition) is 5. The van der Waals surface area contributed by atoms with Gasteiger partial charge < -0.3 is 20.2 Å². The maximum Gasteiger partial charge on any atom is 0.277 e. The van der Waals surface area contributed by atoms with Crippen molar-refractivity contribution in [3.63, 3.8) is 0 Å². The second kappa shape index (κ2) is 6.69. The van der Waals surface area contributed by atoms with Gasteiger partial charge in [0.2, 0.25) is 11.8 Å². The van der Waals surface area contributed by atoms with Gasteiger partial charge in [0.1, 0.15) is 5.76 Å². The Hall–Kier alpha value is -3.45. The summed E-state index contributed by atoms with van der Waals surface area (Å²) in [5.41, 5.74) is 2.87. The van der Waals surface area contributed by atoms with E-state index in [9.17, 15) is 14.7 Å². The highest BCUT2D eigenvalue weighted by molar-refractivity contribution is 6.04. The Kier molecular flexibility index (Phi) is 4.21. The highest BCUT2D eigenvalue weighted by Crippen LogP contribution is 2.27. The average molecular weight is 363 g/mol. The number of aromatic nitrogens is 1. The number of aliphatic hydroxyl groups is 1. The van der Waals surface area contributed by atoms with E-state index in [1.165, 1.54) is 0 Å². The molecule has 0 bridgehead atoms. The van der Waals surface area contributed by atoms with Crippen molar-refractivity contribution in [2.45, 2.75) is 19.4 Å². The molecule has 0 aliphatic carbocycles. The van der Waals surface area contributed by atoms with Crippen molar-refractivity contribution < 1.29 is 19.1 Å². The largest absolute Gasteiger partial charge is 0.442 e. The first-order valence-electron chi connectivity index (χ1n) is 8.46. The number of oxazole rings is 1. The summed E-state index contributed by atoms with van der Waals surface area (Å²) in [6, 6.07) is 14.2. The molecule has 7 nitrogen and oxygen atoms in total. The molecule has 1 unspecified atom stereocenters. The molecule has 136 valence electrons. The monoisotopic (exact) mass is 363 g/mol. The average Bonchev–Trinajstić information content (AvgIpc) is 3.23. The summed E-state index contributed by atoms with van der Waals surface area (Å²) in [6.45, 7) is 1.62. The summed E-state index contributed by atoms with van der Waals surface area (Å²) < 4.78 is 5.50. The van der Waals surface area contributed by atoms with Crippen LogP contribution in [0.5, 0.6) is 0 Å². The van der Waals surface area contributed by atoms with Gasteiger partial charge in [-0.3, -0.25) is 9.59 Å². The molecular weight excluding hydrogens is 346 g/mol. The summed E-state index contributed by atoms with van der Waals surface area (Å²) >= 11 is 0. The predicted octanol–water partition coefficient (Wildman–Crippen LogP) is 2.81. The molecule has 0 fully saturated rings. The molecule has 1 aliphatic heterocycles. The molecule has 0 saturated carbocycles. The Morgan fingerprint density at radius 2 is 2.04 bits per heavy atom. The zero-order valence-corrected chi connectivity index (χ0v) is 14.5. The number of nitrogens with zero attached hydrogens (tertiary/aromatic N) is 1. The molecule has 27 heavy (non-hydrogen) atoms. The van der Waals surface area contributed by atoms with Gasteiger partial charge in [-0.05, 0) is 36.2 Å². The number of amides is 2. The van der Waals surface area contributed by atoms with Crippen LogP contribution in [-0.2, 0) is 11.2 Å². The Balaban J connectivity index is 1.54. The molecule has 0 radical (unpaired) electrons. The minimum atomic E-state index is -1.05. The number of fused-ring (bicyclic) bond motifs is 1. The van der Waals surface area contributed by atoms with Crippen LogP contribution < -0.4 is 10.6 Å². The Morgan fingerprint density at radius 1 is 1.26 bits per heavy atom. The van der Waals surface area contributed by atoms with E-state index in [0.29, 0.717) is 17.0 Å². The summed E-state index contributed by atoms with van der Waals surface area (Å²) in [6.07, 6.45) is -0.765. The van der Waals surface area contributed by atoms with E-state index in [-0.39, 0.29) is 23.9 Å². The molecule has 3 N–H and O–H groups in total. The van der Waals surface area contributed by atoms with E-state index in [2.05, 4.69) is 15.6 Å². The molecule has 2 aromatic carbocycles. The van der Waals surface area contributed by atoms with E-state index in [4.69, 9.17) is 4.42 Å². The van der Waals surface area contributed by atoms with Crippen LogP contribution in [0.4, 0.5) is 11.4 Å². The third-order valence-electron chi connectivity index (χ3n) is 4.37. The number of carbonyl (C=O) groups excluding carboxylic acids is 2. The van der Waals surface area contributed by atoms with Crippen molar-refractivity contribution >= 4 is 23.2 Å². The van der Waals surface area contributed by atoms with Crippen molar-refractivity contribution in [3.8, 4) is 0 Å². The molecule has 4 rings (SSSR count). The van der Waals surface area contributed by atoms with Gasteiger partial charge in [0.05, 0.1) is 6.42 Å². The lowest BCUT2D eigenvalue weighted by Crippen LogP contribution is -2.14. The van der Waals surface area contributed by atoms with Crippen LogP contribution in [0.2, 0.25) is 0 Å². The molecule has 1 aliphatic rings. The Labute approximate surface area is 155 Å². The van der Waals surface area contributed by atoms with E-state index in [1.807, 2.05) is 6.07 Å². The quantitative estimate of drug-likeness (QED) is 0.661. The van der Waals surface area contributed by atoms with Gasteiger partial charge >= 0.3 is 0 Å². The van der Waals surface area contributed by atoms with Gasteiger partial charge in [-0.1, -0.05) is 30.3 Å². The zero-order chi connectivity index (χ0) is 19.0. The van der Waals surface area contributed by atoms with Gasteiger partial charge in [0, 0.05) is 11.4 Å². The third kappa shape index (κ3) is 3.32. The fourth-order valence-corrected chi connectivity index (χ4v) is 3.02. The molecule has 1 aromatic heterocycles. The third-order valence-corrected chi connectivity index (χ3v) is 4.37. The first kappa shape index (κ1) is 17.0. The first-order chi connectivity index (χ1) is 13.0. The van der Waals surface area contributed by atoms with E-state index < -0.39 is 12.0 Å². The number of rotatable bonds is 4. The van der Waals surface area contributed by atoms with Crippen LogP contribution >= 0.6 is 0 Å². The highest BCUT2D eigenvalue weighted by Gasteiger charge is 2.23. The van der Waals surface area contributed by atoms with Crippen molar-refractivity contribution in [2.24, 2.45) is 0 Å². The minimum absolute atomic E-state index is 0.0626. The smallest absolute Gasteiger partial charge is 0.277 e. The fourth-order valence-electron chi connectivity index (χ4n) is 3.02. The van der Waals surface area contributed by atoms with Crippen LogP contribution in [0, 0.1) is 6.92 Å². The summed E-state index contributed by atoms with van der Waals surface area (Å²) in [5, 5.41) is 15.9. The number of hydrogen-bond donors (Lipinski definition) is 3. The van der Waals surface area contributed by atoms with Crippen molar-refractivity contribution in [2.75, 3.05) is 10.6 Å². The number of aliphatic hydroxyl groups excluding tert-OH is 1. The SMILES string of the molecule is Cc1oc(C(O)c2ccccc2)nc1C(=O)Nc1ccc2c(c1)CC(=O)N2. The summed E-state index contributed by atoms with van der Waals surface area (Å²) in [4.78, 5) is 28.2. The predicted molar refractivity (Wildman–Crippen MR) is 98.5 cm³/mol. The van der Waals surface area contributed by atoms with Gasteiger partial charge in [0.15, 0.2) is 11.8 Å². The Bertz CT molecular complexity index is 1030. The second-order valence-corrected chi connectivity index (χ2v) is 6.32. The molecular formula is C20H17N3O4. The normalized spacial score (nSPS) is 13.8. The topological polar surface area (TPSA) is 104 Å². The zero-order valence-electron chi connectivity index (χ0n) is 14.5. The molecule has 2 heterocycles. The lowest BCUT2D eigenvalue weighted by atomic mass is 10.1. The molecule has 3 aromatic rings. The van der Waals surface area contributed by atoms with Crippen LogP contribution in [0.3, 0.4) is 0 Å². The maximum atomic E-state index is 12.6. The van der Waals surface area contributed by atoms with Crippen molar-refractivity contribution in [1.29, 1.82) is 0 Å². The van der Waals surface area contributed by atoms with Crippen LogP contribution in [0.15, 0.2) is 52.9 Å². The van der Waals surface area contributed by atoms with E-state index >= 15 is 0 Å². The van der Waals surface area contributed by atoms with Gasteiger partial charge in [-0.2, -0.15) is 0 Å². The first-order valence-corrected chi connectivity index (χ1v) is 8.46. The number of benzene rings is 2. The van der Waals surface area contributed by atoms with E-state index in [0.717, 1.165) is 11.3 Å². The number of anilines is 2. The molecule has 2 amide bonds. The lowest BCUT2D eigenvalue weighted by Gasteiger charge is -2.06. The van der Waals surface area contributed by atoms with Crippen LogP contribution in [0.25, 0.3) is 0 Å². The van der Waals surface area contributed by atoms with Gasteiger partial charge in [0.25, 0.3) is 5.91 Å². The summed E-state index contributed by atoms with van der Waals surface area (Å²) in [7, 11) is 0. The highest BCUT2D eigenvalue weighted by atomic mass is 16.4. The van der Waals surface area contributed by atoms with Crippen molar-refractivity contribution in [1.82, 2.24) is 4.98 Å². The minimum Gasteiger partial charge on any atom is -0.442 e. The molecule has 7 heteroatoms. The lowest BCUT2D eigenvalue weighted by molar-refractivity contribution is -0.115. The van der Waals surface area contributed by atoms with Gasteiger partial charge in [-0.15, -0.1) is 0 Å². The van der Waals surface area contributed by atoms with Crippen LogP contribution in [-0.4, -0.2) is 21.9 Å². The van der Waals surface area contributed by atoms with E-state index in [1.54, 1.807) is 49.4 Å². The Morgan fingerprint density at radius 3 is 2.81 bits per heavy atom. The number of aryl methyl sites for hydroxylation is 1. The molecule has 1 atom stereocenters. The van der Waals surface area contributed by atoms with Crippen molar-refractivity contribution in [3.05, 3.63) is 77.0 Å².